The minimum Gasteiger partial charge on any atom is -0.497 e. The number of benzene rings is 2. The van der Waals surface area contributed by atoms with Crippen molar-refractivity contribution in [3.63, 3.8) is 0 Å². The van der Waals surface area contributed by atoms with Crippen LogP contribution in [0.2, 0.25) is 0 Å². The predicted octanol–water partition coefficient (Wildman–Crippen LogP) is 4.61. The minimum absolute atomic E-state index is 0.0533. The van der Waals surface area contributed by atoms with Gasteiger partial charge < -0.3 is 4.74 Å². The molecule has 2 nitrogen and oxygen atoms in total. The highest BCUT2D eigenvalue weighted by atomic mass is 19.4. The van der Waals surface area contributed by atoms with E-state index in [1.54, 1.807) is 18.2 Å². The van der Waals surface area contributed by atoms with Gasteiger partial charge in [0.15, 0.2) is 5.78 Å². The summed E-state index contributed by atoms with van der Waals surface area (Å²) in [5.41, 5.74) is 0.336. The average molecular weight is 308 g/mol. The summed E-state index contributed by atoms with van der Waals surface area (Å²) in [6.45, 7) is 0. The highest BCUT2D eigenvalue weighted by Gasteiger charge is 2.41. The van der Waals surface area contributed by atoms with Crippen molar-refractivity contribution in [2.24, 2.45) is 0 Å². The van der Waals surface area contributed by atoms with Crippen molar-refractivity contribution in [2.75, 3.05) is 7.11 Å². The minimum atomic E-state index is -4.49. The summed E-state index contributed by atoms with van der Waals surface area (Å²) in [6.07, 6.45) is -5.10. The molecule has 0 amide bonds. The Hall–Kier alpha value is -2.30. The third-order valence-electron chi connectivity index (χ3n) is 3.40. The smallest absolute Gasteiger partial charge is 0.396 e. The molecule has 2 rings (SSSR count). The normalized spacial score (nSPS) is 12.7. The molecule has 2 aromatic rings. The Labute approximate surface area is 126 Å². The molecular weight excluding hydrogens is 293 g/mol. The van der Waals surface area contributed by atoms with E-state index < -0.39 is 24.3 Å². The van der Waals surface area contributed by atoms with Gasteiger partial charge in [-0.25, -0.2) is 0 Å². The Kier molecular flexibility index (Phi) is 4.85. The molecule has 0 fully saturated rings. The first kappa shape index (κ1) is 16.1. The number of carbonyl (C=O) groups excluding carboxylic acids is 1. The van der Waals surface area contributed by atoms with Crippen molar-refractivity contribution in [3.05, 3.63) is 65.7 Å². The van der Waals surface area contributed by atoms with Gasteiger partial charge in [0.25, 0.3) is 0 Å². The zero-order valence-electron chi connectivity index (χ0n) is 11.9. The van der Waals surface area contributed by atoms with E-state index in [2.05, 4.69) is 0 Å². The van der Waals surface area contributed by atoms with Gasteiger partial charge in [0.2, 0.25) is 0 Å². The van der Waals surface area contributed by atoms with Crippen LogP contribution in [0, 0.1) is 0 Å². The summed E-state index contributed by atoms with van der Waals surface area (Å²) in [4.78, 5) is 12.1. The summed E-state index contributed by atoms with van der Waals surface area (Å²) in [6, 6.07) is 13.6. The summed E-state index contributed by atoms with van der Waals surface area (Å²) in [5, 5.41) is 0. The van der Waals surface area contributed by atoms with Crippen LogP contribution < -0.4 is 4.74 Å². The van der Waals surface area contributed by atoms with Crippen LogP contribution in [0.4, 0.5) is 13.2 Å². The van der Waals surface area contributed by atoms with E-state index in [1.807, 2.05) is 0 Å². The zero-order chi connectivity index (χ0) is 16.2. The maximum Gasteiger partial charge on any atom is 0.396 e. The van der Waals surface area contributed by atoms with E-state index in [0.717, 1.165) is 0 Å². The fraction of sp³-hybridized carbons (Fsp3) is 0.235. The van der Waals surface area contributed by atoms with Crippen LogP contribution in [0.25, 0.3) is 0 Å². The molecule has 0 unspecified atom stereocenters. The molecule has 0 aliphatic rings. The van der Waals surface area contributed by atoms with Gasteiger partial charge in [-0.3, -0.25) is 4.79 Å². The summed E-state index contributed by atoms with van der Waals surface area (Å²) < 4.78 is 44.8. The van der Waals surface area contributed by atoms with E-state index in [-0.39, 0.29) is 11.1 Å². The largest absolute Gasteiger partial charge is 0.497 e. The van der Waals surface area contributed by atoms with Gasteiger partial charge in [-0.1, -0.05) is 42.5 Å². The zero-order valence-corrected chi connectivity index (χ0v) is 11.9. The van der Waals surface area contributed by atoms with Crippen molar-refractivity contribution in [3.8, 4) is 5.75 Å². The first-order valence-corrected chi connectivity index (χ1v) is 6.70. The van der Waals surface area contributed by atoms with Crippen LogP contribution >= 0.6 is 0 Å². The van der Waals surface area contributed by atoms with Crippen molar-refractivity contribution in [1.29, 1.82) is 0 Å². The maximum atomic E-state index is 13.3. The molecule has 116 valence electrons. The first-order valence-electron chi connectivity index (χ1n) is 6.70. The topological polar surface area (TPSA) is 26.3 Å². The molecule has 0 aromatic heterocycles. The highest BCUT2D eigenvalue weighted by molar-refractivity contribution is 5.96. The second kappa shape index (κ2) is 6.64. The molecule has 0 bridgehead atoms. The van der Waals surface area contributed by atoms with Crippen LogP contribution in [0.5, 0.6) is 5.75 Å². The number of alkyl halides is 3. The lowest BCUT2D eigenvalue weighted by molar-refractivity contribution is -0.149. The molecule has 0 N–H and O–H groups in total. The number of halogens is 3. The van der Waals surface area contributed by atoms with Crippen LogP contribution in [0.15, 0.2) is 54.6 Å². The molecule has 0 aliphatic heterocycles. The first-order chi connectivity index (χ1) is 10.4. The lowest BCUT2D eigenvalue weighted by Gasteiger charge is -2.20. The van der Waals surface area contributed by atoms with Gasteiger partial charge >= 0.3 is 6.18 Å². The number of Topliss-reactive ketones (excluding diaryl/α,β-unsaturated/α-hetero) is 1. The second-order valence-corrected chi connectivity index (χ2v) is 4.86. The number of carbonyl (C=O) groups is 1. The fourth-order valence-corrected chi connectivity index (χ4v) is 2.19. The molecule has 0 spiro atoms. The molecule has 1 atom stereocenters. The third kappa shape index (κ3) is 3.87. The Morgan fingerprint density at radius 1 is 1.05 bits per heavy atom. The van der Waals surface area contributed by atoms with Crippen molar-refractivity contribution in [2.45, 2.75) is 18.5 Å². The van der Waals surface area contributed by atoms with Crippen LogP contribution in [0.3, 0.4) is 0 Å². The average Bonchev–Trinajstić information content (AvgIpc) is 2.52. The number of ether oxygens (including phenoxy) is 1. The lowest BCUT2D eigenvalue weighted by atomic mass is 9.91. The quantitative estimate of drug-likeness (QED) is 0.754. The SMILES string of the molecule is COc1ccc([C@@H](CC(=O)c2ccccc2)C(F)(F)F)cc1. The van der Waals surface area contributed by atoms with Crippen LogP contribution in [-0.2, 0) is 0 Å². The van der Waals surface area contributed by atoms with Crippen LogP contribution in [0.1, 0.15) is 28.3 Å². The summed E-state index contributed by atoms with van der Waals surface area (Å²) in [5.74, 6) is -1.89. The monoisotopic (exact) mass is 308 g/mol. The van der Waals surface area contributed by atoms with Crippen molar-refractivity contribution < 1.29 is 22.7 Å². The van der Waals surface area contributed by atoms with Crippen LogP contribution in [-0.4, -0.2) is 19.1 Å². The number of ketones is 1. The molecule has 2 aromatic carbocycles. The van der Waals surface area contributed by atoms with E-state index in [4.69, 9.17) is 4.74 Å². The van der Waals surface area contributed by atoms with Gasteiger partial charge in [0.1, 0.15) is 5.75 Å². The molecule has 5 heteroatoms. The molecule has 0 saturated carbocycles. The maximum absolute atomic E-state index is 13.3. The Morgan fingerprint density at radius 3 is 2.14 bits per heavy atom. The van der Waals surface area contributed by atoms with E-state index in [1.165, 1.54) is 43.5 Å². The fourth-order valence-electron chi connectivity index (χ4n) is 2.19. The Balaban J connectivity index is 2.25. The van der Waals surface area contributed by atoms with Gasteiger partial charge in [0, 0.05) is 12.0 Å². The standard InChI is InChI=1S/C17H15F3O2/c1-22-14-9-7-12(8-10-14)15(17(18,19)20)11-16(21)13-5-3-2-4-6-13/h2-10,15H,11H2,1H3/t15-/m1/s1. The van der Waals surface area contributed by atoms with Gasteiger partial charge in [-0.15, -0.1) is 0 Å². The van der Waals surface area contributed by atoms with E-state index in [0.29, 0.717) is 5.75 Å². The van der Waals surface area contributed by atoms with Crippen molar-refractivity contribution in [1.82, 2.24) is 0 Å². The third-order valence-corrected chi connectivity index (χ3v) is 3.40. The van der Waals surface area contributed by atoms with Gasteiger partial charge in [0.05, 0.1) is 13.0 Å². The van der Waals surface area contributed by atoms with Gasteiger partial charge in [-0.2, -0.15) is 13.2 Å². The second-order valence-electron chi connectivity index (χ2n) is 4.86. The number of methoxy groups -OCH3 is 1. The summed E-state index contributed by atoms with van der Waals surface area (Å²) >= 11 is 0. The Morgan fingerprint density at radius 2 is 1.64 bits per heavy atom. The highest BCUT2D eigenvalue weighted by Crippen LogP contribution is 2.38. The molecule has 0 heterocycles. The number of rotatable bonds is 5. The lowest BCUT2D eigenvalue weighted by Crippen LogP contribution is -2.23. The molecule has 22 heavy (non-hydrogen) atoms. The Bertz CT molecular complexity index is 619. The summed E-state index contributed by atoms with van der Waals surface area (Å²) in [7, 11) is 1.44. The molecule has 0 radical (unpaired) electrons. The number of hydrogen-bond donors (Lipinski definition) is 0. The molecule has 0 aliphatic carbocycles. The number of hydrogen-bond acceptors (Lipinski definition) is 2. The van der Waals surface area contributed by atoms with Gasteiger partial charge in [-0.05, 0) is 17.7 Å². The van der Waals surface area contributed by atoms with E-state index in [9.17, 15) is 18.0 Å². The predicted molar refractivity (Wildman–Crippen MR) is 77.2 cm³/mol. The van der Waals surface area contributed by atoms with E-state index >= 15 is 0 Å². The molecule has 0 saturated heterocycles. The molecular formula is C17H15F3O2. The van der Waals surface area contributed by atoms with Crippen molar-refractivity contribution >= 4 is 5.78 Å².